The van der Waals surface area contributed by atoms with Gasteiger partial charge in [-0.1, -0.05) is 62.3 Å². The summed E-state index contributed by atoms with van der Waals surface area (Å²) in [5.41, 5.74) is 0.612. The van der Waals surface area contributed by atoms with Crippen molar-refractivity contribution in [2.75, 3.05) is 65.9 Å². The first-order chi connectivity index (χ1) is 28.3. The number of rotatable bonds is 26. The van der Waals surface area contributed by atoms with E-state index >= 15 is 0 Å². The third kappa shape index (κ3) is 14.5. The molecule has 2 bridgehead atoms. The number of aliphatic hydroxyl groups is 1. The number of nitrogens with zero attached hydrogens (tertiary/aromatic N) is 5. The Kier molecular flexibility index (Phi) is 19.6. The number of likely N-dealkylation sites (tertiary alicyclic amines) is 1. The Morgan fingerprint density at radius 3 is 2.12 bits per heavy atom. The number of hydrogen-bond donors (Lipinski definition) is 2. The zero-order chi connectivity index (χ0) is 41.0. The summed E-state index contributed by atoms with van der Waals surface area (Å²) in [6, 6.07) is 0. The first-order valence-electron chi connectivity index (χ1n) is 21.8. The van der Waals surface area contributed by atoms with E-state index in [2.05, 4.69) is 27.8 Å². The van der Waals surface area contributed by atoms with Crippen LogP contribution < -0.4 is 5.32 Å². The van der Waals surface area contributed by atoms with Crippen LogP contribution in [0.4, 0.5) is 0 Å². The Bertz CT molecular complexity index is 1450. The molecule has 4 amide bonds. The van der Waals surface area contributed by atoms with Crippen molar-refractivity contribution in [2.24, 2.45) is 23.7 Å². The van der Waals surface area contributed by atoms with Crippen molar-refractivity contribution in [1.82, 2.24) is 30.1 Å². The highest BCUT2D eigenvalue weighted by Crippen LogP contribution is 2.52. The van der Waals surface area contributed by atoms with E-state index in [1.54, 1.807) is 15.8 Å². The molecule has 16 nitrogen and oxygen atoms in total. The molecule has 58 heavy (non-hydrogen) atoms. The van der Waals surface area contributed by atoms with E-state index in [-0.39, 0.29) is 98.5 Å². The number of carbonyl (C=O) groups is 5. The minimum Gasteiger partial charge on any atom is -0.461 e. The predicted molar refractivity (Wildman–Crippen MR) is 212 cm³/mol. The summed E-state index contributed by atoms with van der Waals surface area (Å²) in [6.07, 6.45) is 20.3. The molecule has 324 valence electrons. The number of allylic oxidation sites excluding steroid dienone is 2. The predicted octanol–water partition coefficient (Wildman–Crippen LogP) is 3.35. The Balaban J connectivity index is 0.930. The van der Waals surface area contributed by atoms with Gasteiger partial charge in [0, 0.05) is 32.5 Å². The summed E-state index contributed by atoms with van der Waals surface area (Å²) in [7, 11) is 0. The molecule has 0 radical (unpaired) electrons. The lowest BCUT2D eigenvalue weighted by Gasteiger charge is -2.22. The number of esters is 1. The Hall–Kier alpha value is -3.73. The van der Waals surface area contributed by atoms with Crippen molar-refractivity contribution in [3.63, 3.8) is 0 Å². The lowest BCUT2D eigenvalue weighted by molar-refractivity contribution is -0.156. The second-order valence-electron chi connectivity index (χ2n) is 16.0. The average molecular weight is 815 g/mol. The number of aromatic nitrogens is 3. The second-order valence-corrected chi connectivity index (χ2v) is 16.0. The van der Waals surface area contributed by atoms with Crippen molar-refractivity contribution in [2.45, 2.75) is 122 Å². The van der Waals surface area contributed by atoms with Gasteiger partial charge in [0.1, 0.15) is 18.4 Å². The molecular formula is C42H66N6O10. The van der Waals surface area contributed by atoms with Gasteiger partial charge in [-0.05, 0) is 56.8 Å². The molecule has 2 N–H and O–H groups in total. The van der Waals surface area contributed by atoms with Crippen molar-refractivity contribution >= 4 is 29.6 Å². The summed E-state index contributed by atoms with van der Waals surface area (Å²) in [5, 5.41) is 20.0. The lowest BCUT2D eigenvalue weighted by atomic mass is 9.85. The van der Waals surface area contributed by atoms with Crippen LogP contribution in [0.15, 0.2) is 18.3 Å². The van der Waals surface area contributed by atoms with E-state index in [1.807, 2.05) is 0 Å². The molecule has 1 saturated heterocycles. The van der Waals surface area contributed by atoms with Crippen LogP contribution in [0.5, 0.6) is 0 Å². The minimum atomic E-state index is -0.314. The fourth-order valence-corrected chi connectivity index (χ4v) is 8.64. The second kappa shape index (κ2) is 25.0. The molecule has 4 atom stereocenters. The Morgan fingerprint density at radius 2 is 1.43 bits per heavy atom. The molecule has 3 fully saturated rings. The summed E-state index contributed by atoms with van der Waals surface area (Å²) < 4.78 is 24.0. The zero-order valence-electron chi connectivity index (χ0n) is 34.3. The van der Waals surface area contributed by atoms with Gasteiger partial charge < -0.3 is 34.3 Å². The van der Waals surface area contributed by atoms with Crippen LogP contribution in [0.3, 0.4) is 0 Å². The molecule has 4 aliphatic rings. The van der Waals surface area contributed by atoms with Crippen LogP contribution in [0.1, 0.15) is 108 Å². The van der Waals surface area contributed by atoms with E-state index in [4.69, 9.17) is 24.1 Å². The van der Waals surface area contributed by atoms with Gasteiger partial charge in [0.25, 0.3) is 0 Å². The summed E-state index contributed by atoms with van der Waals surface area (Å²) in [6.45, 7) is 3.26. The highest BCUT2D eigenvalue weighted by molar-refractivity contribution is 6.06. The molecule has 1 aromatic rings. The van der Waals surface area contributed by atoms with Gasteiger partial charge >= 0.3 is 5.97 Å². The number of nitrogens with one attached hydrogen (secondary N) is 1. The van der Waals surface area contributed by atoms with Crippen molar-refractivity contribution in [3.05, 3.63) is 24.0 Å². The highest BCUT2D eigenvalue weighted by atomic mass is 16.6. The van der Waals surface area contributed by atoms with Crippen LogP contribution in [0.25, 0.3) is 0 Å². The fourth-order valence-electron chi connectivity index (χ4n) is 8.64. The quantitative estimate of drug-likeness (QED) is 0.0601. The Morgan fingerprint density at radius 1 is 0.793 bits per heavy atom. The fraction of sp³-hybridized carbons (Fsp3) is 0.786. The number of amides is 4. The monoisotopic (exact) mass is 814 g/mol. The van der Waals surface area contributed by atoms with E-state index in [0.29, 0.717) is 71.2 Å². The van der Waals surface area contributed by atoms with Crippen LogP contribution >= 0.6 is 0 Å². The van der Waals surface area contributed by atoms with Gasteiger partial charge in [0.15, 0.2) is 0 Å². The van der Waals surface area contributed by atoms with Gasteiger partial charge in [0.05, 0.1) is 70.8 Å². The smallest absolute Gasteiger partial charge is 0.332 e. The number of aliphatic hydroxyl groups excluding tert-OH is 1. The first-order valence-corrected chi connectivity index (χ1v) is 21.8. The highest BCUT2D eigenvalue weighted by Gasteiger charge is 2.58. The Labute approximate surface area is 342 Å². The normalized spacial score (nSPS) is 22.1. The summed E-state index contributed by atoms with van der Waals surface area (Å²) >= 11 is 0. The molecule has 5 rings (SSSR count). The molecule has 2 heterocycles. The third-order valence-electron chi connectivity index (χ3n) is 11.7. The lowest BCUT2D eigenvalue weighted by Crippen LogP contribution is -2.34. The zero-order valence-corrected chi connectivity index (χ0v) is 34.3. The largest absolute Gasteiger partial charge is 0.461 e. The van der Waals surface area contributed by atoms with Gasteiger partial charge in [-0.15, -0.1) is 5.10 Å². The molecule has 0 spiro atoms. The minimum absolute atomic E-state index is 0.00420. The number of hydrogen-bond acceptors (Lipinski definition) is 12. The molecule has 0 unspecified atom stereocenters. The molecule has 1 aliphatic heterocycles. The van der Waals surface area contributed by atoms with E-state index in [0.717, 1.165) is 44.9 Å². The number of ether oxygens (including phenoxy) is 4. The van der Waals surface area contributed by atoms with Crippen LogP contribution in [0.2, 0.25) is 0 Å². The third-order valence-corrected chi connectivity index (χ3v) is 11.7. The number of unbranched alkanes of at least 4 members (excludes halogenated alkanes) is 3. The average Bonchev–Trinajstić information content (AvgIpc) is 4.02. The van der Waals surface area contributed by atoms with E-state index in [9.17, 15) is 24.0 Å². The SMILES string of the molecule is O=C(CCC(=O)N(CCCCCCN1C(=O)[C@@H]2[C@H](C1=O)[C@H]1C=C[C@@H]2C1)Cc1cn(CCOCCOCCOCC(=O)OC2CCCCCCCCC2)nn1)NCCO. The molecule has 16 heteroatoms. The maximum Gasteiger partial charge on any atom is 0.332 e. The van der Waals surface area contributed by atoms with Crippen molar-refractivity contribution in [1.29, 1.82) is 0 Å². The van der Waals surface area contributed by atoms with Crippen molar-refractivity contribution < 1.29 is 48.0 Å². The molecule has 1 aromatic heterocycles. The maximum absolute atomic E-state index is 13.2. The van der Waals surface area contributed by atoms with Crippen molar-refractivity contribution in [3.8, 4) is 0 Å². The first kappa shape index (κ1) is 45.4. The maximum atomic E-state index is 13.2. The van der Waals surface area contributed by atoms with E-state index < -0.39 is 0 Å². The number of imide groups is 1. The van der Waals surface area contributed by atoms with Gasteiger partial charge in [-0.25, -0.2) is 9.48 Å². The van der Waals surface area contributed by atoms with Crippen LogP contribution in [-0.4, -0.2) is 131 Å². The molecular weight excluding hydrogens is 748 g/mol. The van der Waals surface area contributed by atoms with Gasteiger partial charge in [-0.3, -0.25) is 24.1 Å². The number of fused-ring (bicyclic) bond motifs is 5. The van der Waals surface area contributed by atoms with E-state index in [1.165, 1.54) is 37.0 Å². The van der Waals surface area contributed by atoms with Gasteiger partial charge in [0.2, 0.25) is 23.6 Å². The molecule has 2 saturated carbocycles. The summed E-state index contributed by atoms with van der Waals surface area (Å²) in [4.78, 5) is 66.7. The topological polar surface area (TPSA) is 192 Å². The number of carbonyl (C=O) groups excluding carboxylic acids is 5. The molecule has 3 aliphatic carbocycles. The summed E-state index contributed by atoms with van der Waals surface area (Å²) in [5.74, 6) is -0.747. The standard InChI is InChI=1S/C42H66N6O10/c49-22-18-43-36(50)16-17-37(51)46(19-10-6-7-11-20-48-41(53)39-32-14-15-33(28-32)40(39)42(48)54)29-34-30-47(45-44-34)21-23-55-24-25-56-26-27-57-31-38(52)58-35-12-8-4-2-1-3-5-9-13-35/h14-15,30,32-33,35,39-40,49H,1-13,16-29,31H2,(H,43,50)/t32-,33+,39+,40-. The van der Waals surface area contributed by atoms with Crippen LogP contribution in [0, 0.1) is 23.7 Å². The van der Waals surface area contributed by atoms with Crippen LogP contribution in [-0.2, 0) is 56.0 Å². The molecule has 0 aromatic carbocycles. The van der Waals surface area contributed by atoms with Gasteiger partial charge in [-0.2, -0.15) is 0 Å².